The molecule has 72 valence electrons. The Labute approximate surface area is 85.9 Å². The second-order valence-corrected chi connectivity index (χ2v) is 3.33. The molecule has 1 N–H and O–H groups in total. The number of nitrogens with zero attached hydrogens (tertiary/aromatic N) is 2. The van der Waals surface area contributed by atoms with Crippen LogP contribution >= 0.6 is 15.9 Å². The molecule has 0 aliphatic heterocycles. The van der Waals surface area contributed by atoms with Crippen molar-refractivity contribution in [3.63, 3.8) is 0 Å². The first-order valence-electron chi connectivity index (χ1n) is 3.96. The molecule has 0 amide bonds. The van der Waals surface area contributed by atoms with Gasteiger partial charge in [-0.15, -0.1) is 0 Å². The SMILES string of the molecule is CNc1nc(CCOC)ncc1Br. The summed E-state index contributed by atoms with van der Waals surface area (Å²) in [5.41, 5.74) is 0. The molecular weight excluding hydrogens is 234 g/mol. The molecule has 1 rings (SSSR count). The zero-order valence-corrected chi connectivity index (χ0v) is 9.26. The number of methoxy groups -OCH3 is 1. The van der Waals surface area contributed by atoms with E-state index in [-0.39, 0.29) is 0 Å². The number of ether oxygens (including phenoxy) is 1. The van der Waals surface area contributed by atoms with Gasteiger partial charge in [-0.1, -0.05) is 0 Å². The fourth-order valence-corrected chi connectivity index (χ4v) is 1.28. The van der Waals surface area contributed by atoms with Crippen molar-refractivity contribution < 1.29 is 4.74 Å². The summed E-state index contributed by atoms with van der Waals surface area (Å²) in [4.78, 5) is 8.43. The summed E-state index contributed by atoms with van der Waals surface area (Å²) < 4.78 is 5.81. The van der Waals surface area contributed by atoms with Crippen LogP contribution in [-0.4, -0.2) is 30.7 Å². The molecule has 1 aromatic rings. The Bertz CT molecular complexity index is 280. The molecule has 0 saturated heterocycles. The Kier molecular flexibility index (Phi) is 4.11. The molecule has 13 heavy (non-hydrogen) atoms. The number of aromatic nitrogens is 2. The van der Waals surface area contributed by atoms with E-state index in [1.165, 1.54) is 0 Å². The Morgan fingerprint density at radius 1 is 1.62 bits per heavy atom. The van der Waals surface area contributed by atoms with Crippen LogP contribution in [0.4, 0.5) is 5.82 Å². The Morgan fingerprint density at radius 2 is 2.38 bits per heavy atom. The molecule has 0 aliphatic rings. The highest BCUT2D eigenvalue weighted by molar-refractivity contribution is 9.10. The smallest absolute Gasteiger partial charge is 0.143 e. The average Bonchev–Trinajstić information content (AvgIpc) is 2.16. The molecule has 0 fully saturated rings. The minimum atomic E-state index is 0.644. The van der Waals surface area contributed by atoms with Gasteiger partial charge in [-0.05, 0) is 15.9 Å². The lowest BCUT2D eigenvalue weighted by Crippen LogP contribution is -2.03. The molecule has 0 atom stereocenters. The van der Waals surface area contributed by atoms with Crippen molar-refractivity contribution in [1.82, 2.24) is 9.97 Å². The van der Waals surface area contributed by atoms with E-state index < -0.39 is 0 Å². The maximum atomic E-state index is 4.94. The van der Waals surface area contributed by atoms with Crippen LogP contribution in [0.3, 0.4) is 0 Å². The zero-order chi connectivity index (χ0) is 9.68. The summed E-state index contributed by atoms with van der Waals surface area (Å²) in [5.74, 6) is 1.59. The van der Waals surface area contributed by atoms with Crippen LogP contribution in [0.5, 0.6) is 0 Å². The number of hydrogen-bond donors (Lipinski definition) is 1. The number of nitrogens with one attached hydrogen (secondary N) is 1. The summed E-state index contributed by atoms with van der Waals surface area (Å²) >= 11 is 3.34. The second kappa shape index (κ2) is 5.14. The van der Waals surface area contributed by atoms with Crippen molar-refractivity contribution in [2.75, 3.05) is 26.1 Å². The van der Waals surface area contributed by atoms with E-state index >= 15 is 0 Å². The van der Waals surface area contributed by atoms with Crippen molar-refractivity contribution in [1.29, 1.82) is 0 Å². The van der Waals surface area contributed by atoms with Gasteiger partial charge in [0.05, 0.1) is 11.1 Å². The van der Waals surface area contributed by atoms with Gasteiger partial charge in [-0.25, -0.2) is 9.97 Å². The fraction of sp³-hybridized carbons (Fsp3) is 0.500. The molecule has 0 spiro atoms. The molecule has 0 saturated carbocycles. The van der Waals surface area contributed by atoms with Crippen LogP contribution < -0.4 is 5.32 Å². The van der Waals surface area contributed by atoms with Crippen LogP contribution in [0, 0.1) is 0 Å². The van der Waals surface area contributed by atoms with Crippen LogP contribution in [0.15, 0.2) is 10.7 Å². The van der Waals surface area contributed by atoms with Crippen molar-refractivity contribution in [2.45, 2.75) is 6.42 Å². The highest BCUT2D eigenvalue weighted by Crippen LogP contribution is 2.17. The van der Waals surface area contributed by atoms with Gasteiger partial charge in [0.15, 0.2) is 0 Å². The van der Waals surface area contributed by atoms with Crippen molar-refractivity contribution in [3.8, 4) is 0 Å². The molecule has 1 heterocycles. The molecule has 0 aliphatic carbocycles. The van der Waals surface area contributed by atoms with Gasteiger partial charge in [-0.2, -0.15) is 0 Å². The highest BCUT2D eigenvalue weighted by Gasteiger charge is 2.02. The molecule has 0 unspecified atom stereocenters. The molecule has 1 aromatic heterocycles. The summed E-state index contributed by atoms with van der Waals surface area (Å²) in [6, 6.07) is 0. The van der Waals surface area contributed by atoms with E-state index in [1.807, 2.05) is 7.05 Å². The molecule has 5 heteroatoms. The van der Waals surface area contributed by atoms with Gasteiger partial charge in [-0.3, -0.25) is 0 Å². The van der Waals surface area contributed by atoms with Gasteiger partial charge in [0, 0.05) is 26.8 Å². The first-order valence-corrected chi connectivity index (χ1v) is 4.75. The fourth-order valence-electron chi connectivity index (χ4n) is 0.893. The van der Waals surface area contributed by atoms with Gasteiger partial charge >= 0.3 is 0 Å². The largest absolute Gasteiger partial charge is 0.384 e. The monoisotopic (exact) mass is 245 g/mol. The van der Waals surface area contributed by atoms with E-state index in [4.69, 9.17) is 4.74 Å². The number of anilines is 1. The highest BCUT2D eigenvalue weighted by atomic mass is 79.9. The average molecular weight is 246 g/mol. The summed E-state index contributed by atoms with van der Waals surface area (Å²) in [5, 5.41) is 2.97. The predicted molar refractivity (Wildman–Crippen MR) is 54.9 cm³/mol. The minimum absolute atomic E-state index is 0.644. The Morgan fingerprint density at radius 3 is 3.00 bits per heavy atom. The third-order valence-corrected chi connectivity index (χ3v) is 2.14. The summed E-state index contributed by atoms with van der Waals surface area (Å²) in [6.45, 7) is 0.644. The van der Waals surface area contributed by atoms with E-state index in [1.54, 1.807) is 13.3 Å². The number of rotatable bonds is 4. The lowest BCUT2D eigenvalue weighted by atomic mass is 10.4. The van der Waals surface area contributed by atoms with Gasteiger partial charge < -0.3 is 10.1 Å². The van der Waals surface area contributed by atoms with Crippen LogP contribution in [0.2, 0.25) is 0 Å². The lowest BCUT2D eigenvalue weighted by molar-refractivity contribution is 0.200. The summed E-state index contributed by atoms with van der Waals surface area (Å²) in [6.07, 6.45) is 2.47. The molecule has 0 bridgehead atoms. The Balaban J connectivity index is 2.74. The van der Waals surface area contributed by atoms with Crippen LogP contribution in [-0.2, 0) is 11.2 Å². The maximum Gasteiger partial charge on any atom is 0.143 e. The van der Waals surface area contributed by atoms with Crippen LogP contribution in [0.25, 0.3) is 0 Å². The van der Waals surface area contributed by atoms with E-state index in [0.29, 0.717) is 6.61 Å². The second-order valence-electron chi connectivity index (χ2n) is 2.48. The standard InChI is InChI=1S/C8H12BrN3O/c1-10-8-6(9)5-11-7(12-8)3-4-13-2/h5H,3-4H2,1-2H3,(H,10,11,12). The first kappa shape index (κ1) is 10.4. The summed E-state index contributed by atoms with van der Waals surface area (Å²) in [7, 11) is 3.49. The van der Waals surface area contributed by atoms with E-state index in [9.17, 15) is 0 Å². The lowest BCUT2D eigenvalue weighted by Gasteiger charge is -2.04. The maximum absolute atomic E-state index is 4.94. The zero-order valence-electron chi connectivity index (χ0n) is 7.67. The third kappa shape index (κ3) is 2.93. The van der Waals surface area contributed by atoms with Crippen molar-refractivity contribution >= 4 is 21.7 Å². The minimum Gasteiger partial charge on any atom is -0.384 e. The van der Waals surface area contributed by atoms with Crippen LogP contribution in [0.1, 0.15) is 5.82 Å². The normalized spacial score (nSPS) is 10.1. The third-order valence-electron chi connectivity index (χ3n) is 1.56. The van der Waals surface area contributed by atoms with E-state index in [0.717, 1.165) is 22.5 Å². The van der Waals surface area contributed by atoms with Crippen molar-refractivity contribution in [3.05, 3.63) is 16.5 Å². The van der Waals surface area contributed by atoms with Gasteiger partial charge in [0.2, 0.25) is 0 Å². The predicted octanol–water partition coefficient (Wildman–Crippen LogP) is 1.47. The molecule has 0 aromatic carbocycles. The topological polar surface area (TPSA) is 47.0 Å². The molecular formula is C8H12BrN3O. The number of halogens is 1. The van der Waals surface area contributed by atoms with Crippen molar-refractivity contribution in [2.24, 2.45) is 0 Å². The van der Waals surface area contributed by atoms with Gasteiger partial charge in [0.25, 0.3) is 0 Å². The molecule has 4 nitrogen and oxygen atoms in total. The quantitative estimate of drug-likeness (QED) is 0.873. The van der Waals surface area contributed by atoms with E-state index in [2.05, 4.69) is 31.2 Å². The first-order chi connectivity index (χ1) is 6.27. The Hall–Kier alpha value is -0.680. The number of hydrogen-bond acceptors (Lipinski definition) is 4. The molecule has 0 radical (unpaired) electrons. The van der Waals surface area contributed by atoms with Gasteiger partial charge in [0.1, 0.15) is 11.6 Å².